The molecule has 0 aromatic heterocycles. The van der Waals surface area contributed by atoms with Gasteiger partial charge in [0.15, 0.2) is 0 Å². The summed E-state index contributed by atoms with van der Waals surface area (Å²) >= 11 is 0. The number of carbonyl (C=O) groups is 1. The number of halogens is 1. The van der Waals surface area contributed by atoms with Crippen molar-refractivity contribution in [1.29, 1.82) is 0 Å². The third kappa shape index (κ3) is 2.99. The topological polar surface area (TPSA) is 52.3 Å². The van der Waals surface area contributed by atoms with Gasteiger partial charge in [0.25, 0.3) is 0 Å². The molecule has 0 aliphatic carbocycles. The normalized spacial score (nSPS) is 8.93. The van der Waals surface area contributed by atoms with Gasteiger partial charge in [0.1, 0.15) is 5.82 Å². The number of para-hydroxylation sites is 1. The van der Waals surface area contributed by atoms with E-state index in [0.717, 1.165) is 0 Å². The van der Waals surface area contributed by atoms with Crippen molar-refractivity contribution in [3.63, 3.8) is 0 Å². The third-order valence-electron chi connectivity index (χ3n) is 1.63. The molecule has 0 spiro atoms. The van der Waals surface area contributed by atoms with Gasteiger partial charge in [-0.25, -0.2) is 9.18 Å². The Morgan fingerprint density at radius 1 is 1.60 bits per heavy atom. The first-order chi connectivity index (χ1) is 7.15. The van der Waals surface area contributed by atoms with Crippen LogP contribution in [-0.2, 0) is 9.53 Å². The molecule has 0 bridgehead atoms. The van der Waals surface area contributed by atoms with Crippen LogP contribution in [-0.4, -0.2) is 12.6 Å². The number of carbonyl (C=O) groups excluding carboxylic acids is 1. The van der Waals surface area contributed by atoms with Crippen molar-refractivity contribution in [2.75, 3.05) is 12.3 Å². The van der Waals surface area contributed by atoms with Crippen LogP contribution in [0.15, 0.2) is 18.2 Å². The van der Waals surface area contributed by atoms with E-state index in [4.69, 9.17) is 5.73 Å². The van der Waals surface area contributed by atoms with Crippen molar-refractivity contribution in [3.8, 4) is 11.8 Å². The summed E-state index contributed by atoms with van der Waals surface area (Å²) in [7, 11) is 0. The largest absolute Gasteiger partial charge is 0.456 e. The predicted octanol–water partition coefficient (Wildman–Crippen LogP) is 1.32. The number of hydrogen-bond donors (Lipinski definition) is 1. The van der Waals surface area contributed by atoms with E-state index >= 15 is 0 Å². The van der Waals surface area contributed by atoms with Gasteiger partial charge in [0.05, 0.1) is 17.9 Å². The number of esters is 1. The van der Waals surface area contributed by atoms with Gasteiger partial charge < -0.3 is 10.5 Å². The Morgan fingerprint density at radius 3 is 3.00 bits per heavy atom. The number of anilines is 1. The fraction of sp³-hybridized carbons (Fsp3) is 0.182. The molecular formula is C11H10FNO2. The van der Waals surface area contributed by atoms with Crippen LogP contribution in [0.3, 0.4) is 0 Å². The molecular weight excluding hydrogens is 197 g/mol. The summed E-state index contributed by atoms with van der Waals surface area (Å²) in [6, 6.07) is 4.23. The van der Waals surface area contributed by atoms with Gasteiger partial charge in [0, 0.05) is 5.92 Å². The monoisotopic (exact) mass is 207 g/mol. The van der Waals surface area contributed by atoms with Crippen molar-refractivity contribution in [3.05, 3.63) is 29.6 Å². The van der Waals surface area contributed by atoms with Crippen LogP contribution in [0.25, 0.3) is 0 Å². The highest BCUT2D eigenvalue weighted by Crippen LogP contribution is 2.13. The Kier molecular flexibility index (Phi) is 3.69. The Bertz CT molecular complexity index is 432. The number of nitrogen functional groups attached to an aromatic ring is 1. The Morgan fingerprint density at radius 2 is 2.33 bits per heavy atom. The maximum atomic E-state index is 12.9. The van der Waals surface area contributed by atoms with Gasteiger partial charge in [-0.15, -0.1) is 0 Å². The molecule has 3 nitrogen and oxygen atoms in total. The van der Waals surface area contributed by atoms with E-state index in [2.05, 4.69) is 16.6 Å². The molecule has 2 N–H and O–H groups in total. The molecule has 0 saturated carbocycles. The van der Waals surface area contributed by atoms with Gasteiger partial charge >= 0.3 is 5.97 Å². The minimum atomic E-state index is -0.652. The van der Waals surface area contributed by atoms with Gasteiger partial charge in [0.2, 0.25) is 0 Å². The van der Waals surface area contributed by atoms with Crippen LogP contribution in [0, 0.1) is 17.7 Å². The zero-order valence-corrected chi connectivity index (χ0v) is 8.21. The predicted molar refractivity (Wildman–Crippen MR) is 54.3 cm³/mol. The maximum absolute atomic E-state index is 12.9. The average Bonchev–Trinajstić information content (AvgIpc) is 2.21. The quantitative estimate of drug-likeness (QED) is 0.429. The van der Waals surface area contributed by atoms with Crippen LogP contribution >= 0.6 is 0 Å². The van der Waals surface area contributed by atoms with Crippen LogP contribution in [0.1, 0.15) is 12.5 Å². The summed E-state index contributed by atoms with van der Waals surface area (Å²) in [5.74, 6) is 3.46. The van der Waals surface area contributed by atoms with E-state index in [1.54, 1.807) is 6.92 Å². The minimum absolute atomic E-state index is 0.0608. The molecule has 4 heteroatoms. The molecule has 0 saturated heterocycles. The Hall–Kier alpha value is -2.02. The van der Waals surface area contributed by atoms with E-state index in [0.29, 0.717) is 0 Å². The highest BCUT2D eigenvalue weighted by Gasteiger charge is 2.01. The number of nitrogens with two attached hydrogens (primary N) is 1. The molecule has 0 atom stereocenters. The number of hydrogen-bond acceptors (Lipinski definition) is 3. The smallest absolute Gasteiger partial charge is 0.384 e. The van der Waals surface area contributed by atoms with E-state index in [-0.39, 0.29) is 17.9 Å². The van der Waals surface area contributed by atoms with E-state index < -0.39 is 11.8 Å². The summed E-state index contributed by atoms with van der Waals surface area (Å²) in [5.41, 5.74) is 5.63. The number of benzene rings is 1. The summed E-state index contributed by atoms with van der Waals surface area (Å²) in [5, 5.41) is 0. The molecule has 0 aliphatic rings. The lowest BCUT2D eigenvalue weighted by Crippen LogP contribution is -2.00. The van der Waals surface area contributed by atoms with E-state index in [9.17, 15) is 9.18 Å². The Labute approximate surface area is 87.0 Å². The standard InChI is InChI=1S/C11H10FNO2/c1-2-15-10(14)7-6-8-4-3-5-9(12)11(8)13/h3-5H,2,13H2,1H3. The molecule has 0 fully saturated rings. The van der Waals surface area contributed by atoms with Gasteiger partial charge in [-0.3, -0.25) is 0 Å². The van der Waals surface area contributed by atoms with Crippen LogP contribution in [0.4, 0.5) is 10.1 Å². The summed E-state index contributed by atoms with van der Waals surface area (Å²) in [6.45, 7) is 1.93. The third-order valence-corrected chi connectivity index (χ3v) is 1.63. The first kappa shape index (κ1) is 11.1. The van der Waals surface area contributed by atoms with Gasteiger partial charge in [-0.05, 0) is 19.1 Å². The van der Waals surface area contributed by atoms with Crippen LogP contribution in [0.5, 0.6) is 0 Å². The average molecular weight is 207 g/mol. The summed E-state index contributed by atoms with van der Waals surface area (Å²) < 4.78 is 17.5. The van der Waals surface area contributed by atoms with Gasteiger partial charge in [-0.1, -0.05) is 12.0 Å². The second-order valence-electron chi connectivity index (χ2n) is 2.67. The molecule has 0 radical (unpaired) electrons. The minimum Gasteiger partial charge on any atom is -0.456 e. The highest BCUT2D eigenvalue weighted by atomic mass is 19.1. The molecule has 78 valence electrons. The van der Waals surface area contributed by atoms with E-state index in [1.807, 2.05) is 0 Å². The lowest BCUT2D eigenvalue weighted by molar-refractivity contribution is -0.136. The zero-order valence-electron chi connectivity index (χ0n) is 8.21. The molecule has 0 amide bonds. The molecule has 15 heavy (non-hydrogen) atoms. The van der Waals surface area contributed by atoms with Gasteiger partial charge in [-0.2, -0.15) is 0 Å². The summed E-state index contributed by atoms with van der Waals surface area (Å²) in [6.07, 6.45) is 0. The highest BCUT2D eigenvalue weighted by molar-refractivity contribution is 5.89. The van der Waals surface area contributed by atoms with Crippen molar-refractivity contribution < 1.29 is 13.9 Å². The summed E-state index contributed by atoms with van der Waals surface area (Å²) in [4.78, 5) is 10.9. The molecule has 0 aliphatic heterocycles. The van der Waals surface area contributed by atoms with Crippen LogP contribution in [0.2, 0.25) is 0 Å². The SMILES string of the molecule is CCOC(=O)C#Cc1cccc(F)c1N. The maximum Gasteiger partial charge on any atom is 0.384 e. The first-order valence-electron chi connectivity index (χ1n) is 4.38. The molecule has 0 heterocycles. The van der Waals surface area contributed by atoms with Crippen molar-refractivity contribution in [2.24, 2.45) is 0 Å². The van der Waals surface area contributed by atoms with Crippen molar-refractivity contribution in [1.82, 2.24) is 0 Å². The second kappa shape index (κ2) is 5.01. The lowest BCUT2D eigenvalue weighted by Gasteiger charge is -1.98. The molecule has 1 rings (SSSR count). The second-order valence-corrected chi connectivity index (χ2v) is 2.67. The fourth-order valence-corrected chi connectivity index (χ4v) is 0.932. The van der Waals surface area contributed by atoms with E-state index in [1.165, 1.54) is 18.2 Å². The Balaban J connectivity index is 2.89. The van der Waals surface area contributed by atoms with Crippen LogP contribution < -0.4 is 5.73 Å². The van der Waals surface area contributed by atoms with Crippen molar-refractivity contribution >= 4 is 11.7 Å². The number of ether oxygens (including phenoxy) is 1. The molecule has 1 aromatic rings. The fourth-order valence-electron chi connectivity index (χ4n) is 0.932. The number of rotatable bonds is 1. The first-order valence-corrected chi connectivity index (χ1v) is 4.38. The lowest BCUT2D eigenvalue weighted by atomic mass is 10.2. The van der Waals surface area contributed by atoms with Crippen molar-refractivity contribution in [2.45, 2.75) is 6.92 Å². The zero-order chi connectivity index (χ0) is 11.3. The molecule has 1 aromatic carbocycles. The molecule has 0 unspecified atom stereocenters.